The number of nitrogens with zero attached hydrogens (tertiary/aromatic N) is 2. The first-order valence-corrected chi connectivity index (χ1v) is 3.73. The predicted octanol–water partition coefficient (Wildman–Crippen LogP) is -0.555. The van der Waals surface area contributed by atoms with Crippen molar-refractivity contribution in [1.82, 2.24) is 10.2 Å². The van der Waals surface area contributed by atoms with Crippen molar-refractivity contribution in [3.05, 3.63) is 0 Å². The molecule has 0 aromatic heterocycles. The number of thiocyanates is 1. The van der Waals surface area contributed by atoms with Gasteiger partial charge in [0.2, 0.25) is 6.41 Å². The molecule has 1 fully saturated rings. The van der Waals surface area contributed by atoms with E-state index in [-0.39, 0.29) is 0 Å². The van der Waals surface area contributed by atoms with Crippen molar-refractivity contribution in [3.63, 3.8) is 0 Å². The molecule has 1 N–H and O–H groups in total. The number of hydrogen-bond acceptors (Lipinski definition) is 4. The maximum Gasteiger partial charge on any atom is 0.209 e. The van der Waals surface area contributed by atoms with Crippen molar-refractivity contribution in [2.75, 3.05) is 26.2 Å². The van der Waals surface area contributed by atoms with E-state index < -0.39 is 0 Å². The van der Waals surface area contributed by atoms with Gasteiger partial charge in [-0.05, 0) is 0 Å². The van der Waals surface area contributed by atoms with Crippen LogP contribution in [0.15, 0.2) is 0 Å². The first kappa shape index (κ1) is 10.3. The van der Waals surface area contributed by atoms with E-state index in [2.05, 4.69) is 17.9 Å². The molecule has 0 spiro atoms. The van der Waals surface area contributed by atoms with Gasteiger partial charge in [-0.1, -0.05) is 12.6 Å². The summed E-state index contributed by atoms with van der Waals surface area (Å²) in [5.74, 6) is 0. The largest absolute Gasteiger partial charge is 0.343 e. The topological polar surface area (TPSA) is 56.1 Å². The summed E-state index contributed by atoms with van der Waals surface area (Å²) in [7, 11) is 0. The SMILES string of the molecule is N#CS.O=CN1CCNCC1. The van der Waals surface area contributed by atoms with E-state index in [0.29, 0.717) is 0 Å². The molecule has 0 saturated carbocycles. The third-order valence-electron chi connectivity index (χ3n) is 1.30. The van der Waals surface area contributed by atoms with Crippen molar-refractivity contribution < 1.29 is 4.79 Å². The van der Waals surface area contributed by atoms with E-state index in [0.717, 1.165) is 32.6 Å². The first-order valence-electron chi connectivity index (χ1n) is 3.28. The summed E-state index contributed by atoms with van der Waals surface area (Å²) in [6.45, 7) is 3.62. The maximum atomic E-state index is 10.1. The molecule has 4 nitrogen and oxygen atoms in total. The highest BCUT2D eigenvalue weighted by Crippen LogP contribution is 1.84. The molecule has 1 amide bonds. The van der Waals surface area contributed by atoms with Crippen LogP contribution in [-0.4, -0.2) is 37.5 Å². The Balaban J connectivity index is 0.000000292. The number of amides is 1. The van der Waals surface area contributed by atoms with Crippen LogP contribution in [0.1, 0.15) is 0 Å². The van der Waals surface area contributed by atoms with Crippen molar-refractivity contribution in [2.24, 2.45) is 0 Å². The minimum absolute atomic E-state index is 0.865. The quantitative estimate of drug-likeness (QED) is 0.318. The van der Waals surface area contributed by atoms with Crippen LogP contribution in [0, 0.1) is 10.7 Å². The molecule has 0 aliphatic carbocycles. The Bertz CT molecular complexity index is 139. The average molecular weight is 173 g/mol. The molecule has 0 atom stereocenters. The van der Waals surface area contributed by atoms with Gasteiger partial charge in [-0.15, -0.1) is 0 Å². The van der Waals surface area contributed by atoms with Crippen molar-refractivity contribution in [1.29, 1.82) is 5.26 Å². The zero-order valence-corrected chi connectivity index (χ0v) is 7.05. The van der Waals surface area contributed by atoms with Crippen LogP contribution < -0.4 is 5.32 Å². The molecule has 0 aromatic carbocycles. The normalized spacial score (nSPS) is 15.8. The fourth-order valence-corrected chi connectivity index (χ4v) is 0.788. The second-order valence-corrected chi connectivity index (χ2v) is 2.19. The molecule has 1 rings (SSSR count). The number of piperazine rings is 1. The van der Waals surface area contributed by atoms with E-state index in [1.165, 1.54) is 5.40 Å². The molecule has 0 unspecified atom stereocenters. The summed E-state index contributed by atoms with van der Waals surface area (Å²) in [5.41, 5.74) is 0. The second-order valence-electron chi connectivity index (χ2n) is 1.99. The van der Waals surface area contributed by atoms with Gasteiger partial charge in [0.1, 0.15) is 5.40 Å². The zero-order chi connectivity index (χ0) is 8.53. The molecule has 0 radical (unpaired) electrons. The standard InChI is InChI=1S/C5H10N2O.CHNS/c8-5-7-3-1-6-2-4-7;2-1-3/h5-6H,1-4H2;3H. The van der Waals surface area contributed by atoms with E-state index in [9.17, 15) is 4.79 Å². The van der Waals surface area contributed by atoms with E-state index in [1.807, 2.05) is 0 Å². The zero-order valence-electron chi connectivity index (χ0n) is 6.16. The smallest absolute Gasteiger partial charge is 0.209 e. The number of nitriles is 1. The number of carbonyl (C=O) groups is 1. The van der Waals surface area contributed by atoms with Crippen LogP contribution in [0.2, 0.25) is 0 Å². The third-order valence-corrected chi connectivity index (χ3v) is 1.30. The molecule has 1 saturated heterocycles. The van der Waals surface area contributed by atoms with Crippen LogP contribution in [0.5, 0.6) is 0 Å². The van der Waals surface area contributed by atoms with Gasteiger partial charge in [0, 0.05) is 26.2 Å². The van der Waals surface area contributed by atoms with Crippen LogP contribution in [0.4, 0.5) is 0 Å². The summed E-state index contributed by atoms with van der Waals surface area (Å²) in [6, 6.07) is 0. The Kier molecular flexibility index (Phi) is 6.89. The summed E-state index contributed by atoms with van der Waals surface area (Å²) in [4.78, 5) is 11.8. The highest BCUT2D eigenvalue weighted by Gasteiger charge is 2.04. The number of rotatable bonds is 1. The van der Waals surface area contributed by atoms with E-state index in [1.54, 1.807) is 4.90 Å². The Labute approximate surface area is 71.6 Å². The third kappa shape index (κ3) is 5.70. The molecule has 1 heterocycles. The predicted molar refractivity (Wildman–Crippen MR) is 45.1 cm³/mol. The molecule has 0 bridgehead atoms. The van der Waals surface area contributed by atoms with Crippen LogP contribution in [0.25, 0.3) is 0 Å². The van der Waals surface area contributed by atoms with Crippen molar-refractivity contribution >= 4 is 19.0 Å². The number of nitrogens with one attached hydrogen (secondary N) is 1. The number of carbonyl (C=O) groups excluding carboxylic acids is 1. The van der Waals surface area contributed by atoms with Crippen molar-refractivity contribution in [3.8, 4) is 5.40 Å². The average Bonchev–Trinajstić information content (AvgIpc) is 2.08. The highest BCUT2D eigenvalue weighted by molar-refractivity contribution is 7.85. The Morgan fingerprint density at radius 2 is 2.00 bits per heavy atom. The van der Waals surface area contributed by atoms with Gasteiger partial charge < -0.3 is 10.2 Å². The summed E-state index contributed by atoms with van der Waals surface area (Å²) < 4.78 is 0. The molecular formula is C6H11N3OS. The minimum Gasteiger partial charge on any atom is -0.343 e. The van der Waals surface area contributed by atoms with Crippen LogP contribution in [-0.2, 0) is 4.79 Å². The molecule has 11 heavy (non-hydrogen) atoms. The molecule has 1 aliphatic heterocycles. The van der Waals surface area contributed by atoms with Crippen molar-refractivity contribution in [2.45, 2.75) is 0 Å². The fraction of sp³-hybridized carbons (Fsp3) is 0.667. The lowest BCUT2D eigenvalue weighted by Crippen LogP contribution is -2.42. The minimum atomic E-state index is 0.865. The lowest BCUT2D eigenvalue weighted by Gasteiger charge is -2.22. The lowest BCUT2D eigenvalue weighted by molar-refractivity contribution is -0.118. The monoisotopic (exact) mass is 173 g/mol. The first-order chi connectivity index (χ1) is 5.35. The lowest BCUT2D eigenvalue weighted by atomic mass is 10.4. The van der Waals surface area contributed by atoms with Crippen LogP contribution in [0.3, 0.4) is 0 Å². The molecular weight excluding hydrogens is 162 g/mol. The Morgan fingerprint density at radius 1 is 1.55 bits per heavy atom. The Morgan fingerprint density at radius 3 is 2.27 bits per heavy atom. The second kappa shape index (κ2) is 7.38. The molecule has 1 aliphatic rings. The molecule has 5 heteroatoms. The highest BCUT2D eigenvalue weighted by atomic mass is 32.1. The Hall–Kier alpha value is -0.730. The van der Waals surface area contributed by atoms with Gasteiger partial charge >= 0.3 is 0 Å². The molecule has 0 aromatic rings. The van der Waals surface area contributed by atoms with Gasteiger partial charge in [-0.3, -0.25) is 4.79 Å². The molecule has 62 valence electrons. The number of thiol groups is 1. The van der Waals surface area contributed by atoms with Gasteiger partial charge in [-0.2, -0.15) is 5.26 Å². The van der Waals surface area contributed by atoms with Crippen LogP contribution >= 0.6 is 12.6 Å². The summed E-state index contributed by atoms with van der Waals surface area (Å²) in [5, 5.41) is 11.8. The summed E-state index contributed by atoms with van der Waals surface area (Å²) >= 11 is 3.09. The van der Waals surface area contributed by atoms with Gasteiger partial charge in [0.25, 0.3) is 0 Å². The number of hydrogen-bond donors (Lipinski definition) is 2. The fourth-order valence-electron chi connectivity index (χ4n) is 0.788. The van der Waals surface area contributed by atoms with Gasteiger partial charge in [0.15, 0.2) is 0 Å². The maximum absolute atomic E-state index is 10.1. The van der Waals surface area contributed by atoms with Gasteiger partial charge in [0.05, 0.1) is 0 Å². The van der Waals surface area contributed by atoms with Gasteiger partial charge in [-0.25, -0.2) is 0 Å². The van der Waals surface area contributed by atoms with E-state index in [4.69, 9.17) is 5.26 Å². The van der Waals surface area contributed by atoms with E-state index >= 15 is 0 Å². The summed E-state index contributed by atoms with van der Waals surface area (Å²) in [6.07, 6.45) is 0.904.